The molecule has 27 heavy (non-hydrogen) atoms. The van der Waals surface area contributed by atoms with Crippen LogP contribution in [0.2, 0.25) is 5.02 Å². The second-order valence-electron chi connectivity index (χ2n) is 5.68. The number of hydrogen-bond donors (Lipinski definition) is 4. The number of halogens is 1. The highest BCUT2D eigenvalue weighted by Gasteiger charge is 2.13. The Bertz CT molecular complexity index is 1050. The van der Waals surface area contributed by atoms with E-state index in [1.54, 1.807) is 0 Å². The number of rotatable bonds is 5. The third-order valence-electron chi connectivity index (χ3n) is 3.90. The summed E-state index contributed by atoms with van der Waals surface area (Å²) in [4.78, 5) is 8.57. The van der Waals surface area contributed by atoms with Gasteiger partial charge in [-0.2, -0.15) is 5.10 Å². The fourth-order valence-corrected chi connectivity index (χ4v) is 2.80. The van der Waals surface area contributed by atoms with Crippen LogP contribution in [-0.2, 0) is 6.54 Å². The van der Waals surface area contributed by atoms with E-state index in [1.807, 2.05) is 48.5 Å². The molecule has 0 bridgehead atoms. The minimum absolute atomic E-state index is 0. The molecule has 4 rings (SSSR count). The molecule has 0 aliphatic carbocycles. The fourth-order valence-electron chi connectivity index (χ4n) is 2.61. The highest BCUT2D eigenvalue weighted by Crippen LogP contribution is 2.30. The summed E-state index contributed by atoms with van der Waals surface area (Å²) in [6, 6.07) is 15.3. The number of benzene rings is 2. The van der Waals surface area contributed by atoms with Gasteiger partial charge in [0.1, 0.15) is 23.3 Å². The van der Waals surface area contributed by atoms with Gasteiger partial charge in [-0.05, 0) is 35.9 Å². The van der Waals surface area contributed by atoms with Crippen LogP contribution in [-0.4, -0.2) is 25.6 Å². The van der Waals surface area contributed by atoms with E-state index in [-0.39, 0.29) is 5.48 Å². The number of H-pyrrole nitrogens is 1. The molecule has 0 radical (unpaired) electrons. The van der Waals surface area contributed by atoms with E-state index in [0.29, 0.717) is 28.9 Å². The molecule has 4 aromatic rings. The highest BCUT2D eigenvalue weighted by atomic mass is 35.5. The Morgan fingerprint density at radius 2 is 1.81 bits per heavy atom. The van der Waals surface area contributed by atoms with Gasteiger partial charge in [0.05, 0.1) is 0 Å². The van der Waals surface area contributed by atoms with Crippen molar-refractivity contribution in [3.63, 3.8) is 0 Å². The maximum atomic E-state index is 6.06. The van der Waals surface area contributed by atoms with Gasteiger partial charge in [-0.3, -0.25) is 5.10 Å². The van der Waals surface area contributed by atoms with Crippen LogP contribution in [0, 0.1) is 0 Å². The number of nitrogens with one attached hydrogen (secondary N) is 3. The number of fused-ring (bicyclic) bond motifs is 1. The normalized spacial score (nSPS) is 10.4. The van der Waals surface area contributed by atoms with E-state index in [1.165, 1.54) is 6.33 Å². The summed E-state index contributed by atoms with van der Waals surface area (Å²) >= 11 is 6.06. The van der Waals surface area contributed by atoms with Gasteiger partial charge in [0.25, 0.3) is 0 Å². The van der Waals surface area contributed by atoms with Gasteiger partial charge in [-0.25, -0.2) is 9.97 Å². The van der Waals surface area contributed by atoms with Crippen molar-refractivity contribution in [2.24, 2.45) is 5.73 Å². The van der Waals surface area contributed by atoms with Crippen LogP contribution in [0.5, 0.6) is 0 Å². The van der Waals surface area contributed by atoms with Crippen molar-refractivity contribution < 1.29 is 5.48 Å². The molecule has 7 N–H and O–H groups in total. The third-order valence-corrected chi connectivity index (χ3v) is 4.13. The molecule has 138 valence electrons. The highest BCUT2D eigenvalue weighted by molar-refractivity contribution is 6.30. The van der Waals surface area contributed by atoms with Crippen LogP contribution in [0.4, 0.5) is 23.0 Å². The lowest BCUT2D eigenvalue weighted by atomic mass is 10.2. The number of aromatic nitrogens is 4. The average molecular weight is 384 g/mol. The molecule has 0 aliphatic heterocycles. The summed E-state index contributed by atoms with van der Waals surface area (Å²) in [7, 11) is 0. The van der Waals surface area contributed by atoms with Gasteiger partial charge in [0, 0.05) is 22.9 Å². The van der Waals surface area contributed by atoms with Crippen molar-refractivity contribution in [3.8, 4) is 0 Å². The standard InChI is InChI=1S/C18H16ClN7.H2O/c19-12-2-1-3-14(8-12)24-16-15-17(22-10-21-16)25-26-18(15)23-13-6-4-11(9-20)5-7-13;/h1-8,10H,9,20H2,(H3,21,22,23,24,25,26);1H2. The molecule has 2 heterocycles. The summed E-state index contributed by atoms with van der Waals surface area (Å²) < 4.78 is 0. The zero-order chi connectivity index (χ0) is 17.9. The molecule has 0 spiro atoms. The summed E-state index contributed by atoms with van der Waals surface area (Å²) in [6.07, 6.45) is 1.47. The molecule has 9 heteroatoms. The van der Waals surface area contributed by atoms with Crippen LogP contribution in [0.1, 0.15) is 5.56 Å². The first kappa shape index (κ1) is 18.6. The number of nitrogens with zero attached hydrogens (tertiary/aromatic N) is 3. The maximum Gasteiger partial charge on any atom is 0.188 e. The first-order valence-corrected chi connectivity index (χ1v) is 8.38. The lowest BCUT2D eigenvalue weighted by Crippen LogP contribution is -1.98. The first-order chi connectivity index (χ1) is 12.7. The van der Waals surface area contributed by atoms with Gasteiger partial charge < -0.3 is 21.8 Å². The minimum Gasteiger partial charge on any atom is -0.412 e. The number of anilines is 4. The molecule has 0 amide bonds. The van der Waals surface area contributed by atoms with Crippen LogP contribution in [0.25, 0.3) is 11.0 Å². The van der Waals surface area contributed by atoms with Crippen LogP contribution >= 0.6 is 11.6 Å². The molecular weight excluding hydrogens is 366 g/mol. The largest absolute Gasteiger partial charge is 0.412 e. The van der Waals surface area contributed by atoms with Crippen molar-refractivity contribution >= 4 is 45.6 Å². The summed E-state index contributed by atoms with van der Waals surface area (Å²) in [5.74, 6) is 1.33. The molecular formula is C18H18ClN7O. The SMILES string of the molecule is NCc1ccc(Nc2[nH]nc3ncnc(Nc4cccc(Cl)c4)c23)cc1.O. The Kier molecular flexibility index (Phi) is 5.51. The lowest BCUT2D eigenvalue weighted by Gasteiger charge is -2.09. The molecule has 2 aromatic heterocycles. The number of aromatic amines is 1. The van der Waals surface area contributed by atoms with Crippen LogP contribution in [0.3, 0.4) is 0 Å². The third kappa shape index (κ3) is 3.98. The predicted molar refractivity (Wildman–Crippen MR) is 108 cm³/mol. The molecule has 8 nitrogen and oxygen atoms in total. The molecule has 0 atom stereocenters. The van der Waals surface area contributed by atoms with Gasteiger partial charge in [0.2, 0.25) is 0 Å². The number of hydrogen-bond acceptors (Lipinski definition) is 6. The van der Waals surface area contributed by atoms with E-state index in [0.717, 1.165) is 22.3 Å². The Balaban J connectivity index is 0.00000210. The Morgan fingerprint density at radius 1 is 1.00 bits per heavy atom. The lowest BCUT2D eigenvalue weighted by molar-refractivity contribution is 0.824. The Labute approximate surface area is 160 Å². The average Bonchev–Trinajstić information content (AvgIpc) is 3.06. The van der Waals surface area contributed by atoms with Gasteiger partial charge in [-0.1, -0.05) is 29.8 Å². The van der Waals surface area contributed by atoms with Gasteiger partial charge in [0.15, 0.2) is 5.65 Å². The minimum atomic E-state index is 0. The molecule has 0 saturated carbocycles. The quantitative estimate of drug-likeness (QED) is 0.418. The summed E-state index contributed by atoms with van der Waals surface area (Å²) in [5.41, 5.74) is 9.01. The van der Waals surface area contributed by atoms with E-state index in [4.69, 9.17) is 17.3 Å². The zero-order valence-electron chi connectivity index (χ0n) is 14.2. The first-order valence-electron chi connectivity index (χ1n) is 8.00. The van der Waals surface area contributed by atoms with Crippen molar-refractivity contribution in [3.05, 3.63) is 65.4 Å². The van der Waals surface area contributed by atoms with Gasteiger partial charge >= 0.3 is 0 Å². The molecule has 0 aliphatic rings. The predicted octanol–water partition coefficient (Wildman–Crippen LogP) is 3.13. The summed E-state index contributed by atoms with van der Waals surface area (Å²) in [6.45, 7) is 0.509. The van der Waals surface area contributed by atoms with Crippen LogP contribution < -0.4 is 16.4 Å². The molecule has 2 aromatic carbocycles. The molecule has 0 fully saturated rings. The topological polar surface area (TPSA) is 136 Å². The Morgan fingerprint density at radius 3 is 2.56 bits per heavy atom. The second-order valence-corrected chi connectivity index (χ2v) is 6.12. The van der Waals surface area contributed by atoms with E-state index in [9.17, 15) is 0 Å². The molecule has 0 saturated heterocycles. The zero-order valence-corrected chi connectivity index (χ0v) is 15.0. The fraction of sp³-hybridized carbons (Fsp3) is 0.0556. The van der Waals surface area contributed by atoms with E-state index < -0.39 is 0 Å². The second kappa shape index (κ2) is 8.00. The Hall–Kier alpha value is -3.20. The smallest absolute Gasteiger partial charge is 0.188 e. The number of nitrogens with two attached hydrogens (primary N) is 1. The monoisotopic (exact) mass is 383 g/mol. The van der Waals surface area contributed by atoms with Gasteiger partial charge in [-0.15, -0.1) is 0 Å². The van der Waals surface area contributed by atoms with Crippen molar-refractivity contribution in [1.82, 2.24) is 20.2 Å². The van der Waals surface area contributed by atoms with E-state index in [2.05, 4.69) is 30.8 Å². The summed E-state index contributed by atoms with van der Waals surface area (Å²) in [5, 5.41) is 15.2. The van der Waals surface area contributed by atoms with Crippen molar-refractivity contribution in [2.45, 2.75) is 6.54 Å². The van der Waals surface area contributed by atoms with Crippen molar-refractivity contribution in [2.75, 3.05) is 10.6 Å². The van der Waals surface area contributed by atoms with Crippen molar-refractivity contribution in [1.29, 1.82) is 0 Å². The van der Waals surface area contributed by atoms with Crippen LogP contribution in [0.15, 0.2) is 54.9 Å². The maximum absolute atomic E-state index is 6.06. The molecule has 0 unspecified atom stereocenters. The van der Waals surface area contributed by atoms with E-state index >= 15 is 0 Å².